The number of amidine groups is 1. The van der Waals surface area contributed by atoms with E-state index in [2.05, 4.69) is 15.0 Å². The molecule has 0 radical (unpaired) electrons. The van der Waals surface area contributed by atoms with Crippen molar-refractivity contribution in [3.63, 3.8) is 0 Å². The highest BCUT2D eigenvalue weighted by Gasteiger charge is 2.32. The minimum absolute atomic E-state index is 0.0818. The largest absolute Gasteiger partial charge is 0.347 e. The first-order chi connectivity index (χ1) is 14.4. The molecule has 30 heavy (non-hydrogen) atoms. The third kappa shape index (κ3) is 4.09. The van der Waals surface area contributed by atoms with E-state index >= 15 is 0 Å². The van der Waals surface area contributed by atoms with Crippen LogP contribution < -0.4 is 10.0 Å². The maximum absolute atomic E-state index is 13.1. The SMILES string of the molecule is CCCCC(N=C1NS(=O)(=O)c2ccccc21)C(=O)NC1CCc2cc(Cl)ccc21. The zero-order valence-corrected chi connectivity index (χ0v) is 18.3. The molecular formula is C22H24ClN3O3S. The summed E-state index contributed by atoms with van der Waals surface area (Å²) in [5, 5.41) is 3.81. The van der Waals surface area contributed by atoms with E-state index in [9.17, 15) is 13.2 Å². The van der Waals surface area contributed by atoms with Crippen molar-refractivity contribution in [1.82, 2.24) is 10.0 Å². The summed E-state index contributed by atoms with van der Waals surface area (Å²) in [7, 11) is -3.64. The highest BCUT2D eigenvalue weighted by molar-refractivity contribution is 7.90. The summed E-state index contributed by atoms with van der Waals surface area (Å²) in [6, 6.07) is 11.7. The predicted octanol–water partition coefficient (Wildman–Crippen LogP) is 3.74. The summed E-state index contributed by atoms with van der Waals surface area (Å²) in [5.41, 5.74) is 2.75. The lowest BCUT2D eigenvalue weighted by Gasteiger charge is -2.19. The first-order valence-electron chi connectivity index (χ1n) is 10.2. The lowest BCUT2D eigenvalue weighted by molar-refractivity contribution is -0.123. The van der Waals surface area contributed by atoms with Gasteiger partial charge in [0.05, 0.1) is 10.9 Å². The first-order valence-corrected chi connectivity index (χ1v) is 12.0. The van der Waals surface area contributed by atoms with E-state index in [0.29, 0.717) is 17.0 Å². The topological polar surface area (TPSA) is 87.6 Å². The van der Waals surface area contributed by atoms with Gasteiger partial charge in [-0.2, -0.15) is 0 Å². The lowest BCUT2D eigenvalue weighted by Crippen LogP contribution is -2.37. The molecule has 4 rings (SSSR count). The van der Waals surface area contributed by atoms with Gasteiger partial charge in [0.2, 0.25) is 5.91 Å². The van der Waals surface area contributed by atoms with E-state index in [4.69, 9.17) is 11.6 Å². The van der Waals surface area contributed by atoms with Crippen molar-refractivity contribution in [2.45, 2.75) is 56.0 Å². The Morgan fingerprint density at radius 1 is 1.30 bits per heavy atom. The second-order valence-electron chi connectivity index (χ2n) is 7.68. The average Bonchev–Trinajstić information content (AvgIpc) is 3.23. The van der Waals surface area contributed by atoms with E-state index in [1.165, 1.54) is 0 Å². The number of carbonyl (C=O) groups excluding carboxylic acids is 1. The molecular weight excluding hydrogens is 422 g/mol. The van der Waals surface area contributed by atoms with Crippen LogP contribution in [-0.2, 0) is 21.2 Å². The van der Waals surface area contributed by atoms with Crippen LogP contribution in [0.1, 0.15) is 55.3 Å². The summed E-state index contributed by atoms with van der Waals surface area (Å²) >= 11 is 6.08. The van der Waals surface area contributed by atoms with Crippen LogP contribution in [0.15, 0.2) is 52.4 Å². The minimum atomic E-state index is -3.64. The quantitative estimate of drug-likeness (QED) is 0.709. The van der Waals surface area contributed by atoms with Crippen molar-refractivity contribution < 1.29 is 13.2 Å². The fourth-order valence-corrected chi connectivity index (χ4v) is 5.48. The molecule has 0 saturated carbocycles. The molecule has 0 bridgehead atoms. The van der Waals surface area contributed by atoms with E-state index < -0.39 is 16.1 Å². The summed E-state index contributed by atoms with van der Waals surface area (Å²) in [5.74, 6) is 0.0489. The predicted molar refractivity (Wildman–Crippen MR) is 117 cm³/mol. The second kappa shape index (κ2) is 8.40. The van der Waals surface area contributed by atoms with Crippen molar-refractivity contribution in [1.29, 1.82) is 0 Å². The first kappa shape index (κ1) is 20.9. The van der Waals surface area contributed by atoms with Gasteiger partial charge in [0, 0.05) is 10.6 Å². The fraction of sp³-hybridized carbons (Fsp3) is 0.364. The number of halogens is 1. The van der Waals surface area contributed by atoms with Crippen LogP contribution >= 0.6 is 11.6 Å². The summed E-state index contributed by atoms with van der Waals surface area (Å²) in [6.45, 7) is 2.05. The number of aryl methyl sites for hydroxylation is 1. The Balaban J connectivity index is 1.58. The smallest absolute Gasteiger partial charge is 0.263 e. The number of carbonyl (C=O) groups is 1. The maximum Gasteiger partial charge on any atom is 0.263 e. The van der Waals surface area contributed by atoms with E-state index in [0.717, 1.165) is 36.8 Å². The standard InChI is InChI=1S/C22H24ClN3O3S/c1-2-3-7-19(24-21-17-6-4-5-8-20(17)30(28,29)26-21)22(27)25-18-12-9-14-13-15(23)10-11-16(14)18/h4-6,8,10-11,13,18-19H,2-3,7,9,12H2,1H3,(H,24,26)(H,25,27). The van der Waals surface area contributed by atoms with Gasteiger partial charge >= 0.3 is 0 Å². The Morgan fingerprint density at radius 2 is 2.10 bits per heavy atom. The number of sulfonamides is 1. The number of nitrogens with one attached hydrogen (secondary N) is 2. The molecule has 0 aromatic heterocycles. The molecule has 1 heterocycles. The van der Waals surface area contributed by atoms with Gasteiger partial charge in [0.1, 0.15) is 11.9 Å². The second-order valence-corrected chi connectivity index (χ2v) is 9.77. The van der Waals surface area contributed by atoms with Crippen LogP contribution in [0, 0.1) is 0 Å². The van der Waals surface area contributed by atoms with Gasteiger partial charge in [-0.1, -0.05) is 49.6 Å². The number of hydrogen-bond acceptors (Lipinski definition) is 4. The van der Waals surface area contributed by atoms with E-state index in [-0.39, 0.29) is 22.7 Å². The van der Waals surface area contributed by atoms with Crippen LogP contribution in [-0.4, -0.2) is 26.2 Å². The van der Waals surface area contributed by atoms with Crippen LogP contribution in [0.3, 0.4) is 0 Å². The van der Waals surface area contributed by atoms with Crippen molar-refractivity contribution in [3.8, 4) is 0 Å². The van der Waals surface area contributed by atoms with E-state index in [1.807, 2.05) is 25.1 Å². The van der Waals surface area contributed by atoms with Gasteiger partial charge in [-0.05, 0) is 54.7 Å². The molecule has 1 aliphatic carbocycles. The zero-order chi connectivity index (χ0) is 21.3. The Morgan fingerprint density at radius 3 is 2.90 bits per heavy atom. The number of nitrogens with zero attached hydrogens (tertiary/aromatic N) is 1. The molecule has 0 fully saturated rings. The van der Waals surface area contributed by atoms with E-state index in [1.54, 1.807) is 24.3 Å². The number of rotatable bonds is 6. The van der Waals surface area contributed by atoms with Crippen LogP contribution in [0.2, 0.25) is 5.02 Å². The molecule has 6 nitrogen and oxygen atoms in total. The van der Waals surface area contributed by atoms with Gasteiger partial charge in [-0.15, -0.1) is 0 Å². The average molecular weight is 446 g/mol. The Labute approximate surface area is 181 Å². The zero-order valence-electron chi connectivity index (χ0n) is 16.7. The third-order valence-corrected chi connectivity index (χ3v) is 7.21. The molecule has 1 amide bonds. The Bertz CT molecular complexity index is 1110. The number of unbranched alkanes of at least 4 members (excludes halogenated alkanes) is 1. The summed E-state index contributed by atoms with van der Waals surface area (Å²) in [6.07, 6.45) is 3.97. The van der Waals surface area contributed by atoms with Crippen molar-refractivity contribution in [3.05, 3.63) is 64.2 Å². The van der Waals surface area contributed by atoms with Crippen molar-refractivity contribution in [2.75, 3.05) is 0 Å². The molecule has 2 aromatic carbocycles. The molecule has 2 unspecified atom stereocenters. The van der Waals surface area contributed by atoms with Gasteiger partial charge in [0.15, 0.2) is 0 Å². The van der Waals surface area contributed by atoms with Gasteiger partial charge in [0.25, 0.3) is 10.0 Å². The molecule has 2 aromatic rings. The third-order valence-electron chi connectivity index (χ3n) is 5.58. The Hall–Kier alpha value is -2.38. The number of benzene rings is 2. The highest BCUT2D eigenvalue weighted by atomic mass is 35.5. The molecule has 2 atom stereocenters. The molecule has 8 heteroatoms. The van der Waals surface area contributed by atoms with Crippen molar-refractivity contribution >= 4 is 33.4 Å². The minimum Gasteiger partial charge on any atom is -0.347 e. The molecule has 0 saturated heterocycles. The normalized spacial score (nSPS) is 21.0. The molecule has 158 valence electrons. The number of aliphatic imine (C=N–C) groups is 1. The number of amides is 1. The van der Waals surface area contributed by atoms with Gasteiger partial charge < -0.3 is 5.32 Å². The summed E-state index contributed by atoms with van der Waals surface area (Å²) in [4.78, 5) is 17.9. The van der Waals surface area contributed by atoms with Gasteiger partial charge in [-0.25, -0.2) is 8.42 Å². The Kier molecular flexibility index (Phi) is 5.84. The number of fused-ring (bicyclic) bond motifs is 2. The maximum atomic E-state index is 13.1. The van der Waals surface area contributed by atoms with Gasteiger partial charge in [-0.3, -0.25) is 14.5 Å². The molecule has 1 aliphatic heterocycles. The fourth-order valence-electron chi connectivity index (χ4n) is 4.04. The van der Waals surface area contributed by atoms with Crippen LogP contribution in [0.4, 0.5) is 0 Å². The monoisotopic (exact) mass is 445 g/mol. The highest BCUT2D eigenvalue weighted by Crippen LogP contribution is 2.33. The summed E-state index contributed by atoms with van der Waals surface area (Å²) < 4.78 is 27.2. The number of hydrogen-bond donors (Lipinski definition) is 2. The lowest BCUT2D eigenvalue weighted by atomic mass is 10.1. The van der Waals surface area contributed by atoms with Crippen molar-refractivity contribution in [2.24, 2.45) is 4.99 Å². The van der Waals surface area contributed by atoms with Crippen LogP contribution in [0.25, 0.3) is 0 Å². The molecule has 0 spiro atoms. The molecule has 2 aliphatic rings. The van der Waals surface area contributed by atoms with Crippen LogP contribution in [0.5, 0.6) is 0 Å². The molecule has 2 N–H and O–H groups in total.